The highest BCUT2D eigenvalue weighted by Crippen LogP contribution is 2.37. The van der Waals surface area contributed by atoms with Crippen LogP contribution in [0.4, 0.5) is 0 Å². The molecule has 3 rings (SSSR count). The Bertz CT molecular complexity index is 704. The summed E-state index contributed by atoms with van der Waals surface area (Å²) in [6.07, 6.45) is 0. The fourth-order valence-corrected chi connectivity index (χ4v) is 2.77. The average Bonchev–Trinajstić information content (AvgIpc) is 2.72. The van der Waals surface area contributed by atoms with E-state index >= 15 is 0 Å². The molecular weight excluding hydrogens is 276 g/mol. The molecule has 0 N–H and O–H groups in total. The third-order valence-corrected chi connectivity index (χ3v) is 3.81. The van der Waals surface area contributed by atoms with Crippen LogP contribution < -0.4 is 4.74 Å². The van der Waals surface area contributed by atoms with Gasteiger partial charge in [-0.15, -0.1) is 0 Å². The fraction of sp³-hybridized carbons (Fsp3) is 0.125. The minimum absolute atomic E-state index is 0.197. The van der Waals surface area contributed by atoms with E-state index in [1.54, 1.807) is 49.6 Å². The van der Waals surface area contributed by atoms with Crippen molar-refractivity contribution in [3.63, 3.8) is 0 Å². The van der Waals surface area contributed by atoms with E-state index in [4.69, 9.17) is 16.3 Å². The van der Waals surface area contributed by atoms with Crippen molar-refractivity contribution in [3.8, 4) is 5.75 Å². The van der Waals surface area contributed by atoms with Crippen molar-refractivity contribution < 1.29 is 14.3 Å². The topological polar surface area (TPSA) is 43.4 Å². The van der Waals surface area contributed by atoms with Gasteiger partial charge in [0.05, 0.1) is 12.1 Å². The first-order valence-electron chi connectivity index (χ1n) is 6.14. The van der Waals surface area contributed by atoms with Crippen LogP contribution in [0.5, 0.6) is 5.75 Å². The number of fused-ring (bicyclic) bond motifs is 1. The van der Waals surface area contributed by atoms with Crippen molar-refractivity contribution in [2.24, 2.45) is 0 Å². The SMILES string of the molecule is COc1ccc(C2C(=O)c3cccc(Cl)c3C2=O)cc1. The van der Waals surface area contributed by atoms with E-state index in [0.717, 1.165) is 0 Å². The lowest BCUT2D eigenvalue weighted by Crippen LogP contribution is -2.12. The summed E-state index contributed by atoms with van der Waals surface area (Å²) in [4.78, 5) is 24.8. The second-order valence-corrected chi connectivity index (χ2v) is 5.00. The molecule has 3 nitrogen and oxygen atoms in total. The average molecular weight is 287 g/mol. The van der Waals surface area contributed by atoms with Crippen LogP contribution in [-0.4, -0.2) is 18.7 Å². The van der Waals surface area contributed by atoms with E-state index < -0.39 is 5.92 Å². The van der Waals surface area contributed by atoms with Gasteiger partial charge >= 0.3 is 0 Å². The van der Waals surface area contributed by atoms with Gasteiger partial charge in [0.25, 0.3) is 0 Å². The maximum atomic E-state index is 12.4. The Labute approximate surface area is 121 Å². The lowest BCUT2D eigenvalue weighted by molar-refractivity contribution is 0.0890. The molecule has 4 heteroatoms. The molecule has 0 heterocycles. The van der Waals surface area contributed by atoms with E-state index in [9.17, 15) is 9.59 Å². The predicted molar refractivity (Wildman–Crippen MR) is 75.8 cm³/mol. The number of Topliss-reactive ketones (excluding diaryl/α,β-unsaturated/α-hetero) is 2. The van der Waals surface area contributed by atoms with Gasteiger partial charge in [-0.05, 0) is 23.8 Å². The molecule has 0 saturated carbocycles. The number of benzene rings is 2. The summed E-state index contributed by atoms with van der Waals surface area (Å²) in [6.45, 7) is 0. The summed E-state index contributed by atoms with van der Waals surface area (Å²) in [5, 5.41) is 0.330. The van der Waals surface area contributed by atoms with Crippen molar-refractivity contribution in [1.82, 2.24) is 0 Å². The van der Waals surface area contributed by atoms with Crippen molar-refractivity contribution >= 4 is 23.2 Å². The van der Waals surface area contributed by atoms with E-state index in [0.29, 0.717) is 27.5 Å². The highest BCUT2D eigenvalue weighted by Gasteiger charge is 2.40. The van der Waals surface area contributed by atoms with Gasteiger partial charge in [-0.25, -0.2) is 0 Å². The molecule has 0 radical (unpaired) electrons. The van der Waals surface area contributed by atoms with E-state index in [1.807, 2.05) is 0 Å². The fourth-order valence-electron chi connectivity index (χ4n) is 2.50. The lowest BCUT2D eigenvalue weighted by atomic mass is 9.94. The number of halogens is 1. The van der Waals surface area contributed by atoms with Gasteiger partial charge < -0.3 is 4.74 Å². The van der Waals surface area contributed by atoms with Crippen LogP contribution in [0.3, 0.4) is 0 Å². The highest BCUT2D eigenvalue weighted by atomic mass is 35.5. The molecule has 0 spiro atoms. The number of hydrogen-bond acceptors (Lipinski definition) is 3. The standard InChI is InChI=1S/C16H11ClO3/c1-20-10-7-5-9(6-8-10)13-15(18)11-3-2-4-12(17)14(11)16(13)19/h2-8,13H,1H3. The number of rotatable bonds is 2. The third kappa shape index (κ3) is 1.82. The van der Waals surface area contributed by atoms with Crippen molar-refractivity contribution in [1.29, 1.82) is 0 Å². The van der Waals surface area contributed by atoms with E-state index in [1.165, 1.54) is 0 Å². The summed E-state index contributed by atoms with van der Waals surface area (Å²) in [5.41, 5.74) is 1.40. The molecular formula is C16H11ClO3. The minimum Gasteiger partial charge on any atom is -0.497 e. The van der Waals surface area contributed by atoms with Crippen molar-refractivity contribution in [2.75, 3.05) is 7.11 Å². The Hall–Kier alpha value is -2.13. The predicted octanol–water partition coefficient (Wildman–Crippen LogP) is 3.51. The summed E-state index contributed by atoms with van der Waals surface area (Å²) in [6, 6.07) is 11.9. The summed E-state index contributed by atoms with van der Waals surface area (Å²) in [5.74, 6) is -0.545. The zero-order valence-electron chi connectivity index (χ0n) is 10.7. The van der Waals surface area contributed by atoms with Gasteiger partial charge in [-0.1, -0.05) is 35.9 Å². The van der Waals surface area contributed by atoms with E-state index in [-0.39, 0.29) is 11.6 Å². The van der Waals surface area contributed by atoms with Crippen LogP contribution >= 0.6 is 11.6 Å². The molecule has 0 amide bonds. The maximum Gasteiger partial charge on any atom is 0.180 e. The molecule has 2 aromatic carbocycles. The Morgan fingerprint density at radius 3 is 2.30 bits per heavy atom. The largest absolute Gasteiger partial charge is 0.497 e. The Morgan fingerprint density at radius 1 is 1.00 bits per heavy atom. The summed E-state index contributed by atoms with van der Waals surface area (Å²) < 4.78 is 5.08. The van der Waals surface area contributed by atoms with Gasteiger partial charge in [0.15, 0.2) is 11.6 Å². The second kappa shape index (κ2) is 4.76. The monoisotopic (exact) mass is 286 g/mol. The van der Waals surface area contributed by atoms with Gasteiger partial charge in [-0.3, -0.25) is 9.59 Å². The number of carbonyl (C=O) groups excluding carboxylic acids is 2. The van der Waals surface area contributed by atoms with Crippen LogP contribution in [0, 0.1) is 0 Å². The molecule has 0 aliphatic heterocycles. The smallest absolute Gasteiger partial charge is 0.180 e. The molecule has 1 atom stereocenters. The molecule has 0 bridgehead atoms. The Balaban J connectivity index is 2.07. The van der Waals surface area contributed by atoms with Crippen molar-refractivity contribution in [2.45, 2.75) is 5.92 Å². The molecule has 20 heavy (non-hydrogen) atoms. The van der Waals surface area contributed by atoms with Crippen LogP contribution in [0.1, 0.15) is 32.2 Å². The number of ketones is 2. The van der Waals surface area contributed by atoms with Crippen molar-refractivity contribution in [3.05, 3.63) is 64.2 Å². The summed E-state index contributed by atoms with van der Waals surface area (Å²) in [7, 11) is 1.57. The van der Waals surface area contributed by atoms with Gasteiger partial charge in [0, 0.05) is 11.1 Å². The highest BCUT2D eigenvalue weighted by molar-refractivity contribution is 6.39. The second-order valence-electron chi connectivity index (χ2n) is 4.60. The molecule has 0 saturated heterocycles. The zero-order chi connectivity index (χ0) is 14.3. The van der Waals surface area contributed by atoms with E-state index in [2.05, 4.69) is 0 Å². The normalized spacial score (nSPS) is 17.2. The molecule has 0 aromatic heterocycles. The Kier molecular flexibility index (Phi) is 3.07. The van der Waals surface area contributed by atoms with Crippen LogP contribution in [-0.2, 0) is 0 Å². The molecule has 2 aromatic rings. The molecule has 1 aliphatic carbocycles. The summed E-state index contributed by atoms with van der Waals surface area (Å²) >= 11 is 6.04. The molecule has 0 fully saturated rings. The number of ether oxygens (including phenoxy) is 1. The molecule has 100 valence electrons. The quantitative estimate of drug-likeness (QED) is 0.794. The first-order chi connectivity index (χ1) is 9.63. The molecule has 1 unspecified atom stereocenters. The Morgan fingerprint density at radius 2 is 1.70 bits per heavy atom. The number of methoxy groups -OCH3 is 1. The zero-order valence-corrected chi connectivity index (χ0v) is 11.5. The third-order valence-electron chi connectivity index (χ3n) is 3.50. The maximum absolute atomic E-state index is 12.4. The van der Waals surface area contributed by atoms with Gasteiger partial charge in [0.2, 0.25) is 0 Å². The minimum atomic E-state index is -0.796. The van der Waals surface area contributed by atoms with Crippen LogP contribution in [0.2, 0.25) is 5.02 Å². The number of carbonyl (C=O) groups is 2. The van der Waals surface area contributed by atoms with Crippen LogP contribution in [0.15, 0.2) is 42.5 Å². The van der Waals surface area contributed by atoms with Gasteiger partial charge in [-0.2, -0.15) is 0 Å². The first kappa shape index (κ1) is 12.9. The van der Waals surface area contributed by atoms with Crippen LogP contribution in [0.25, 0.3) is 0 Å². The molecule has 1 aliphatic rings. The van der Waals surface area contributed by atoms with Gasteiger partial charge in [0.1, 0.15) is 11.7 Å². The number of hydrogen-bond donors (Lipinski definition) is 0. The first-order valence-corrected chi connectivity index (χ1v) is 6.52. The lowest BCUT2D eigenvalue weighted by Gasteiger charge is -2.08.